The molecule has 0 heterocycles. The zero-order valence-electron chi connectivity index (χ0n) is 13.0. The van der Waals surface area contributed by atoms with Gasteiger partial charge in [-0.05, 0) is 31.7 Å². The van der Waals surface area contributed by atoms with Crippen LogP contribution in [0, 0.1) is 5.82 Å². The summed E-state index contributed by atoms with van der Waals surface area (Å²) in [5.74, 6) is -1.07. The van der Waals surface area contributed by atoms with E-state index in [2.05, 4.69) is 4.74 Å². The first-order valence-corrected chi connectivity index (χ1v) is 7.19. The summed E-state index contributed by atoms with van der Waals surface area (Å²) in [6.45, 7) is 3.54. The maximum absolute atomic E-state index is 12.8. The maximum atomic E-state index is 12.8. The van der Waals surface area contributed by atoms with Gasteiger partial charge < -0.3 is 9.47 Å². The Hall–Kier alpha value is -1.79. The molecule has 0 aliphatic heterocycles. The van der Waals surface area contributed by atoms with Gasteiger partial charge in [-0.1, -0.05) is 12.1 Å². The van der Waals surface area contributed by atoms with E-state index in [1.54, 1.807) is 19.1 Å². The first-order valence-electron chi connectivity index (χ1n) is 7.19. The van der Waals surface area contributed by atoms with Crippen molar-refractivity contribution < 1.29 is 23.5 Å². The highest BCUT2D eigenvalue weighted by molar-refractivity contribution is 5.96. The average Bonchev–Trinajstić information content (AvgIpc) is 2.46. The quantitative estimate of drug-likeness (QED) is 0.375. The van der Waals surface area contributed by atoms with Gasteiger partial charge in [-0.3, -0.25) is 14.5 Å². The van der Waals surface area contributed by atoms with Crippen LogP contribution in [0.25, 0.3) is 0 Å². The first-order chi connectivity index (χ1) is 10.5. The smallest absolute Gasteiger partial charge is 0.313 e. The Bertz CT molecular complexity index is 476. The van der Waals surface area contributed by atoms with Crippen LogP contribution in [-0.2, 0) is 25.6 Å². The van der Waals surface area contributed by atoms with Gasteiger partial charge in [0.25, 0.3) is 0 Å². The Morgan fingerprint density at radius 2 is 1.91 bits per heavy atom. The second kappa shape index (κ2) is 10.0. The van der Waals surface area contributed by atoms with Crippen molar-refractivity contribution in [3.8, 4) is 0 Å². The van der Waals surface area contributed by atoms with E-state index in [0.29, 0.717) is 19.7 Å². The number of carbonyl (C=O) groups is 2. The second-order valence-corrected chi connectivity index (χ2v) is 4.94. The summed E-state index contributed by atoms with van der Waals surface area (Å²) in [5.41, 5.74) is 1.00. The van der Waals surface area contributed by atoms with Crippen LogP contribution in [0.15, 0.2) is 24.3 Å². The normalized spacial score (nSPS) is 10.7. The molecule has 0 saturated carbocycles. The molecule has 0 radical (unpaired) electrons. The largest absolute Gasteiger partial charge is 0.466 e. The van der Waals surface area contributed by atoms with Crippen LogP contribution >= 0.6 is 0 Å². The summed E-state index contributed by atoms with van der Waals surface area (Å²) in [5, 5.41) is 0. The van der Waals surface area contributed by atoms with Gasteiger partial charge in [0.05, 0.1) is 13.2 Å². The lowest BCUT2D eigenvalue weighted by Crippen LogP contribution is -2.24. The third-order valence-electron chi connectivity index (χ3n) is 2.89. The van der Waals surface area contributed by atoms with E-state index in [4.69, 9.17) is 4.74 Å². The molecular formula is C16H22FNO4. The van der Waals surface area contributed by atoms with Gasteiger partial charge in [-0.15, -0.1) is 0 Å². The van der Waals surface area contributed by atoms with Crippen LogP contribution in [0.4, 0.5) is 4.39 Å². The molecule has 122 valence electrons. The molecule has 0 N–H and O–H groups in total. The minimum Gasteiger partial charge on any atom is -0.466 e. The van der Waals surface area contributed by atoms with Gasteiger partial charge in [0.2, 0.25) is 0 Å². The highest BCUT2D eigenvalue weighted by atomic mass is 19.1. The summed E-state index contributed by atoms with van der Waals surface area (Å²) < 4.78 is 22.7. The summed E-state index contributed by atoms with van der Waals surface area (Å²) >= 11 is 0. The standard InChI is InChI=1S/C16H22FNO4/c1-3-22-16(20)10-15(19)12-21-9-8-18(2)11-13-4-6-14(17)7-5-13/h4-7H,3,8-12H2,1-2H3. The fourth-order valence-electron chi connectivity index (χ4n) is 1.81. The lowest BCUT2D eigenvalue weighted by atomic mass is 10.2. The number of hydrogen-bond donors (Lipinski definition) is 0. The fraction of sp³-hybridized carbons (Fsp3) is 0.500. The third kappa shape index (κ3) is 7.85. The molecule has 22 heavy (non-hydrogen) atoms. The number of ether oxygens (including phenoxy) is 2. The lowest BCUT2D eigenvalue weighted by molar-refractivity contribution is -0.146. The van der Waals surface area contributed by atoms with E-state index >= 15 is 0 Å². The molecule has 0 unspecified atom stereocenters. The molecule has 1 aromatic carbocycles. The van der Waals surface area contributed by atoms with E-state index in [1.807, 2.05) is 11.9 Å². The number of carbonyl (C=O) groups excluding carboxylic acids is 2. The second-order valence-electron chi connectivity index (χ2n) is 4.94. The number of Topliss-reactive ketones (excluding diaryl/α,β-unsaturated/α-hetero) is 1. The number of benzene rings is 1. The monoisotopic (exact) mass is 311 g/mol. The highest BCUT2D eigenvalue weighted by Crippen LogP contribution is 2.05. The van der Waals surface area contributed by atoms with Gasteiger partial charge >= 0.3 is 5.97 Å². The number of likely N-dealkylation sites (N-methyl/N-ethyl adjacent to an activating group) is 1. The molecule has 0 fully saturated rings. The molecule has 5 nitrogen and oxygen atoms in total. The van der Waals surface area contributed by atoms with Crippen molar-refractivity contribution in [3.63, 3.8) is 0 Å². The van der Waals surface area contributed by atoms with Crippen LogP contribution in [0.1, 0.15) is 18.9 Å². The molecule has 0 aliphatic rings. The Labute approximate surface area is 130 Å². The van der Waals surface area contributed by atoms with Gasteiger partial charge in [-0.2, -0.15) is 0 Å². The molecule has 0 atom stereocenters. The van der Waals surface area contributed by atoms with Crippen LogP contribution in [0.5, 0.6) is 0 Å². The minimum atomic E-state index is -0.524. The summed E-state index contributed by atoms with van der Waals surface area (Å²) in [6.07, 6.45) is -0.251. The Morgan fingerprint density at radius 1 is 1.23 bits per heavy atom. The van der Waals surface area contributed by atoms with Crippen molar-refractivity contribution in [2.45, 2.75) is 19.9 Å². The van der Waals surface area contributed by atoms with E-state index in [9.17, 15) is 14.0 Å². The van der Waals surface area contributed by atoms with Crippen LogP contribution < -0.4 is 0 Å². The zero-order valence-corrected chi connectivity index (χ0v) is 13.0. The Kier molecular flexibility index (Phi) is 8.32. The molecule has 0 amide bonds. The van der Waals surface area contributed by atoms with Gasteiger partial charge in [0.15, 0.2) is 5.78 Å². The Balaban J connectivity index is 2.14. The number of esters is 1. The van der Waals surface area contributed by atoms with Crippen molar-refractivity contribution >= 4 is 11.8 Å². The summed E-state index contributed by atoms with van der Waals surface area (Å²) in [7, 11) is 1.91. The number of nitrogens with zero attached hydrogens (tertiary/aromatic N) is 1. The molecule has 0 aliphatic carbocycles. The zero-order chi connectivity index (χ0) is 16.4. The average molecular weight is 311 g/mol. The van der Waals surface area contributed by atoms with Gasteiger partial charge in [0, 0.05) is 13.1 Å². The van der Waals surface area contributed by atoms with E-state index in [0.717, 1.165) is 5.56 Å². The number of hydrogen-bond acceptors (Lipinski definition) is 5. The highest BCUT2D eigenvalue weighted by Gasteiger charge is 2.10. The molecule has 0 bridgehead atoms. The van der Waals surface area contributed by atoms with Gasteiger partial charge in [-0.25, -0.2) is 4.39 Å². The number of rotatable bonds is 10. The molecule has 6 heteroatoms. The molecule has 0 spiro atoms. The third-order valence-corrected chi connectivity index (χ3v) is 2.89. The lowest BCUT2D eigenvalue weighted by Gasteiger charge is -2.16. The van der Waals surface area contributed by atoms with Crippen molar-refractivity contribution in [2.75, 3.05) is 33.4 Å². The molecule has 1 rings (SSSR count). The van der Waals surface area contributed by atoms with E-state index in [1.165, 1.54) is 12.1 Å². The number of ketones is 1. The SMILES string of the molecule is CCOC(=O)CC(=O)COCCN(C)Cc1ccc(F)cc1. The van der Waals surface area contributed by atoms with Crippen molar-refractivity contribution in [2.24, 2.45) is 0 Å². The van der Waals surface area contributed by atoms with Crippen LogP contribution in [0.3, 0.4) is 0 Å². The molecule has 1 aromatic rings. The molecule has 0 aromatic heterocycles. The Morgan fingerprint density at radius 3 is 2.55 bits per heavy atom. The van der Waals surface area contributed by atoms with Crippen LogP contribution in [-0.4, -0.2) is 50.1 Å². The fourth-order valence-corrected chi connectivity index (χ4v) is 1.81. The van der Waals surface area contributed by atoms with E-state index in [-0.39, 0.29) is 31.2 Å². The number of halogens is 1. The van der Waals surface area contributed by atoms with Crippen LogP contribution in [0.2, 0.25) is 0 Å². The van der Waals surface area contributed by atoms with Crippen molar-refractivity contribution in [1.82, 2.24) is 4.90 Å². The minimum absolute atomic E-state index is 0.0940. The topological polar surface area (TPSA) is 55.8 Å². The summed E-state index contributed by atoms with van der Waals surface area (Å²) in [4.78, 5) is 24.5. The predicted octanol–water partition coefficient (Wildman–Crippen LogP) is 1.80. The van der Waals surface area contributed by atoms with Crippen molar-refractivity contribution in [3.05, 3.63) is 35.6 Å². The first kappa shape index (κ1) is 18.3. The molecular weight excluding hydrogens is 289 g/mol. The molecule has 0 saturated heterocycles. The summed E-state index contributed by atoms with van der Waals surface area (Å²) in [6, 6.07) is 6.31. The predicted molar refractivity (Wildman–Crippen MR) is 79.8 cm³/mol. The van der Waals surface area contributed by atoms with E-state index < -0.39 is 5.97 Å². The van der Waals surface area contributed by atoms with Crippen molar-refractivity contribution in [1.29, 1.82) is 0 Å². The van der Waals surface area contributed by atoms with Gasteiger partial charge in [0.1, 0.15) is 18.8 Å². The maximum Gasteiger partial charge on any atom is 0.313 e.